The van der Waals surface area contributed by atoms with Crippen LogP contribution in [-0.4, -0.2) is 37.0 Å². The Balaban J connectivity index is 2.28. The molecule has 2 rings (SSSR count). The predicted molar refractivity (Wildman–Crippen MR) is 88.5 cm³/mol. The summed E-state index contributed by atoms with van der Waals surface area (Å²) in [6.45, 7) is 5.48. The lowest BCUT2D eigenvalue weighted by atomic mass is 10.0. The Kier molecular flexibility index (Phi) is 5.33. The van der Waals surface area contributed by atoms with Gasteiger partial charge in [-0.25, -0.2) is 12.8 Å². The van der Waals surface area contributed by atoms with Gasteiger partial charge in [0.1, 0.15) is 6.04 Å². The molecular formula is C15H20ClFN2O3S. The van der Waals surface area contributed by atoms with Gasteiger partial charge in [-0.05, 0) is 30.9 Å². The minimum atomic E-state index is -3.44. The molecule has 1 aromatic rings. The van der Waals surface area contributed by atoms with Crippen molar-refractivity contribution in [3.05, 3.63) is 28.5 Å². The van der Waals surface area contributed by atoms with Gasteiger partial charge in [0.2, 0.25) is 15.9 Å². The second kappa shape index (κ2) is 6.75. The molecule has 128 valence electrons. The standard InChI is InChI=1S/C15H20ClFN2O3S/c1-9(2)14(19-7-4-8-23(19,21)22)15(20)18-11-6-5-10(3)12(16)13(11)17/h5-6,9,14H,4,7-8H2,1-3H3,(H,18,20). The number of nitrogens with one attached hydrogen (secondary N) is 1. The van der Waals surface area contributed by atoms with E-state index in [2.05, 4.69) is 5.32 Å². The number of carbonyl (C=O) groups excluding carboxylic acids is 1. The number of aryl methyl sites for hydroxylation is 1. The maximum Gasteiger partial charge on any atom is 0.243 e. The largest absolute Gasteiger partial charge is 0.322 e. The van der Waals surface area contributed by atoms with Gasteiger partial charge < -0.3 is 5.32 Å². The molecule has 0 aromatic heterocycles. The van der Waals surface area contributed by atoms with Crippen LogP contribution in [0.1, 0.15) is 25.8 Å². The Labute approximate surface area is 140 Å². The number of rotatable bonds is 4. The molecule has 0 aliphatic carbocycles. The number of benzene rings is 1. The minimum absolute atomic E-state index is 0.0359. The third-order valence-electron chi connectivity index (χ3n) is 3.88. The van der Waals surface area contributed by atoms with E-state index in [0.717, 1.165) is 0 Å². The van der Waals surface area contributed by atoms with Gasteiger partial charge in [-0.15, -0.1) is 0 Å². The smallest absolute Gasteiger partial charge is 0.243 e. The van der Waals surface area contributed by atoms with Gasteiger partial charge in [0, 0.05) is 6.54 Å². The molecule has 1 N–H and O–H groups in total. The Morgan fingerprint density at radius 1 is 1.39 bits per heavy atom. The average molecular weight is 363 g/mol. The molecule has 1 aliphatic heterocycles. The van der Waals surface area contributed by atoms with Crippen LogP contribution in [0.3, 0.4) is 0 Å². The Morgan fingerprint density at radius 3 is 2.57 bits per heavy atom. The third kappa shape index (κ3) is 3.67. The molecular weight excluding hydrogens is 343 g/mol. The summed E-state index contributed by atoms with van der Waals surface area (Å²) in [5, 5.41) is 2.41. The van der Waals surface area contributed by atoms with Crippen LogP contribution < -0.4 is 5.32 Å². The van der Waals surface area contributed by atoms with Gasteiger partial charge in [-0.3, -0.25) is 4.79 Å². The summed E-state index contributed by atoms with van der Waals surface area (Å²) in [6, 6.07) is 2.14. The zero-order valence-electron chi connectivity index (χ0n) is 13.3. The average Bonchev–Trinajstić information content (AvgIpc) is 2.79. The zero-order valence-corrected chi connectivity index (χ0v) is 14.8. The molecule has 1 amide bonds. The fourth-order valence-corrected chi connectivity index (χ4v) is 4.67. The molecule has 1 aliphatic rings. The summed E-state index contributed by atoms with van der Waals surface area (Å²) in [5.74, 6) is -1.48. The second-order valence-electron chi connectivity index (χ2n) is 6.02. The second-order valence-corrected chi connectivity index (χ2v) is 8.44. The van der Waals surface area contributed by atoms with Gasteiger partial charge >= 0.3 is 0 Å². The summed E-state index contributed by atoms with van der Waals surface area (Å²) in [5.41, 5.74) is 0.512. The first-order chi connectivity index (χ1) is 10.6. The summed E-state index contributed by atoms with van der Waals surface area (Å²) in [4.78, 5) is 12.6. The molecule has 1 heterocycles. The van der Waals surface area contributed by atoms with Crippen LogP contribution >= 0.6 is 11.6 Å². The van der Waals surface area contributed by atoms with Gasteiger partial charge in [-0.1, -0.05) is 31.5 Å². The Hall–Kier alpha value is -1.18. The lowest BCUT2D eigenvalue weighted by Crippen LogP contribution is -2.48. The molecule has 23 heavy (non-hydrogen) atoms. The molecule has 0 bridgehead atoms. The number of nitrogens with zero attached hydrogens (tertiary/aromatic N) is 1. The fraction of sp³-hybridized carbons (Fsp3) is 0.533. The van der Waals surface area contributed by atoms with E-state index in [1.807, 2.05) is 0 Å². The van der Waals surface area contributed by atoms with Crippen molar-refractivity contribution < 1.29 is 17.6 Å². The van der Waals surface area contributed by atoms with E-state index < -0.39 is 27.8 Å². The van der Waals surface area contributed by atoms with Gasteiger partial charge in [-0.2, -0.15) is 4.31 Å². The van der Waals surface area contributed by atoms with E-state index in [1.54, 1.807) is 26.8 Å². The maximum atomic E-state index is 14.1. The van der Waals surface area contributed by atoms with Crippen molar-refractivity contribution in [1.29, 1.82) is 0 Å². The van der Waals surface area contributed by atoms with Crippen LogP contribution in [0.2, 0.25) is 5.02 Å². The molecule has 0 saturated carbocycles. The molecule has 8 heteroatoms. The SMILES string of the molecule is Cc1ccc(NC(=O)C(C(C)C)N2CCCS2(=O)=O)c(F)c1Cl. The van der Waals surface area contributed by atoms with E-state index in [-0.39, 0.29) is 22.4 Å². The summed E-state index contributed by atoms with van der Waals surface area (Å²) in [6.07, 6.45) is 0.490. The van der Waals surface area contributed by atoms with Crippen molar-refractivity contribution in [1.82, 2.24) is 4.31 Å². The number of hydrogen-bond acceptors (Lipinski definition) is 3. The predicted octanol–water partition coefficient (Wildman–Crippen LogP) is 2.79. The van der Waals surface area contributed by atoms with Crippen LogP contribution in [0.4, 0.5) is 10.1 Å². The van der Waals surface area contributed by atoms with E-state index in [9.17, 15) is 17.6 Å². The zero-order chi connectivity index (χ0) is 17.4. The van der Waals surface area contributed by atoms with Gasteiger partial charge in [0.05, 0.1) is 16.5 Å². The van der Waals surface area contributed by atoms with E-state index >= 15 is 0 Å². The number of amides is 1. The number of anilines is 1. The normalized spacial score (nSPS) is 19.0. The molecule has 0 radical (unpaired) electrons. The molecule has 1 atom stereocenters. The highest BCUT2D eigenvalue weighted by Gasteiger charge is 2.40. The molecule has 1 saturated heterocycles. The first-order valence-electron chi connectivity index (χ1n) is 7.40. The molecule has 1 unspecified atom stereocenters. The quantitative estimate of drug-likeness (QED) is 0.895. The van der Waals surface area contributed by atoms with Crippen molar-refractivity contribution in [2.75, 3.05) is 17.6 Å². The monoisotopic (exact) mass is 362 g/mol. The summed E-state index contributed by atoms with van der Waals surface area (Å²) in [7, 11) is -3.44. The topological polar surface area (TPSA) is 66.5 Å². The first-order valence-corrected chi connectivity index (χ1v) is 9.39. The Bertz CT molecular complexity index is 722. The first kappa shape index (κ1) is 18.2. The van der Waals surface area contributed by atoms with Crippen molar-refractivity contribution in [2.24, 2.45) is 5.92 Å². The number of sulfonamides is 1. The van der Waals surface area contributed by atoms with Crippen molar-refractivity contribution in [3.63, 3.8) is 0 Å². The lowest BCUT2D eigenvalue weighted by Gasteiger charge is -2.28. The van der Waals surface area contributed by atoms with Crippen molar-refractivity contribution >= 4 is 33.2 Å². The molecule has 1 fully saturated rings. The third-order valence-corrected chi connectivity index (χ3v) is 6.27. The maximum absolute atomic E-state index is 14.1. The summed E-state index contributed by atoms with van der Waals surface area (Å²) < 4.78 is 39.5. The van der Waals surface area contributed by atoms with E-state index in [4.69, 9.17) is 11.6 Å². The van der Waals surface area contributed by atoms with Gasteiger partial charge in [0.15, 0.2) is 5.82 Å². The number of hydrogen-bond donors (Lipinski definition) is 1. The molecule has 5 nitrogen and oxygen atoms in total. The van der Waals surface area contributed by atoms with Gasteiger partial charge in [0.25, 0.3) is 0 Å². The molecule has 0 spiro atoms. The van der Waals surface area contributed by atoms with E-state index in [1.165, 1.54) is 10.4 Å². The fourth-order valence-electron chi connectivity index (χ4n) is 2.69. The highest BCUT2D eigenvalue weighted by atomic mass is 35.5. The lowest BCUT2D eigenvalue weighted by molar-refractivity contribution is -0.120. The van der Waals surface area contributed by atoms with Crippen molar-refractivity contribution in [2.45, 2.75) is 33.2 Å². The number of carbonyl (C=O) groups is 1. The Morgan fingerprint density at radius 2 is 2.04 bits per heavy atom. The number of halogens is 2. The van der Waals surface area contributed by atoms with Crippen molar-refractivity contribution in [3.8, 4) is 0 Å². The summed E-state index contributed by atoms with van der Waals surface area (Å²) >= 11 is 5.85. The van der Waals surface area contributed by atoms with Crippen LogP contribution in [0, 0.1) is 18.7 Å². The van der Waals surface area contributed by atoms with Crippen LogP contribution in [0.5, 0.6) is 0 Å². The molecule has 1 aromatic carbocycles. The minimum Gasteiger partial charge on any atom is -0.322 e. The van der Waals surface area contributed by atoms with Crippen LogP contribution in [0.25, 0.3) is 0 Å². The highest BCUT2D eigenvalue weighted by molar-refractivity contribution is 7.89. The van der Waals surface area contributed by atoms with E-state index in [0.29, 0.717) is 18.5 Å². The van der Waals surface area contributed by atoms with Crippen LogP contribution in [-0.2, 0) is 14.8 Å². The highest BCUT2D eigenvalue weighted by Crippen LogP contribution is 2.28. The van der Waals surface area contributed by atoms with Crippen LogP contribution in [0.15, 0.2) is 12.1 Å².